The van der Waals surface area contributed by atoms with Gasteiger partial charge >= 0.3 is 0 Å². The molecule has 1 aliphatic rings. The predicted molar refractivity (Wildman–Crippen MR) is 132 cm³/mol. The lowest BCUT2D eigenvalue weighted by Gasteiger charge is -2.44. The summed E-state index contributed by atoms with van der Waals surface area (Å²) in [5.41, 5.74) is 1.41. The second-order valence-electron chi connectivity index (χ2n) is 8.33. The van der Waals surface area contributed by atoms with E-state index in [1.54, 1.807) is 18.0 Å². The highest BCUT2D eigenvalue weighted by molar-refractivity contribution is 7.99. The molecule has 1 atom stereocenters. The standard InChI is InChI=1S/C25H23ClN4O3S/c1-30(25(13-7-6-12-21(25)31)18-9-3-4-10-19(18)26)22(32)15-34-24-29-28-23(33-24)17-14-27-20-11-5-2-8-16(17)20/h2-5,8-11,14,27H,6-7,12-13,15H2,1H3. The molecule has 2 aromatic carbocycles. The van der Waals surface area contributed by atoms with Gasteiger partial charge in [0.05, 0.1) is 11.3 Å². The van der Waals surface area contributed by atoms with Crippen LogP contribution in [0.25, 0.3) is 22.4 Å². The van der Waals surface area contributed by atoms with Crippen LogP contribution in [0.1, 0.15) is 31.2 Å². The zero-order chi connectivity index (χ0) is 23.7. The Kier molecular flexibility index (Phi) is 6.18. The van der Waals surface area contributed by atoms with Gasteiger partial charge in [-0.25, -0.2) is 0 Å². The predicted octanol–water partition coefficient (Wildman–Crippen LogP) is 5.46. The Labute approximate surface area is 205 Å². The van der Waals surface area contributed by atoms with Crippen molar-refractivity contribution < 1.29 is 14.0 Å². The van der Waals surface area contributed by atoms with Gasteiger partial charge in [-0.1, -0.05) is 59.8 Å². The van der Waals surface area contributed by atoms with Gasteiger partial charge in [-0.3, -0.25) is 9.59 Å². The van der Waals surface area contributed by atoms with Gasteiger partial charge in [0.2, 0.25) is 5.91 Å². The fourth-order valence-corrected chi connectivity index (χ4v) is 5.66. The van der Waals surface area contributed by atoms with Gasteiger partial charge in [0.1, 0.15) is 5.54 Å². The molecular formula is C25H23ClN4O3S. The lowest BCUT2D eigenvalue weighted by Crippen LogP contribution is -2.54. The van der Waals surface area contributed by atoms with Gasteiger partial charge in [0.15, 0.2) is 5.78 Å². The third-order valence-corrected chi connectivity index (χ3v) is 7.60. The number of H-pyrrole nitrogens is 1. The Bertz CT molecular complexity index is 1370. The fraction of sp³-hybridized carbons (Fsp3) is 0.280. The molecule has 4 aromatic rings. The zero-order valence-corrected chi connectivity index (χ0v) is 20.2. The molecule has 0 aliphatic heterocycles. The topological polar surface area (TPSA) is 92.1 Å². The molecular weight excluding hydrogens is 472 g/mol. The van der Waals surface area contributed by atoms with Crippen LogP contribution >= 0.6 is 23.4 Å². The minimum Gasteiger partial charge on any atom is -0.411 e. The van der Waals surface area contributed by atoms with Crippen molar-refractivity contribution in [1.82, 2.24) is 20.1 Å². The van der Waals surface area contributed by atoms with Gasteiger partial charge < -0.3 is 14.3 Å². The average molecular weight is 495 g/mol. The van der Waals surface area contributed by atoms with E-state index >= 15 is 0 Å². The largest absolute Gasteiger partial charge is 0.411 e. The highest BCUT2D eigenvalue weighted by atomic mass is 35.5. The maximum atomic E-state index is 13.3. The van der Waals surface area contributed by atoms with Crippen molar-refractivity contribution in [3.63, 3.8) is 0 Å². The number of aromatic nitrogens is 3. The van der Waals surface area contributed by atoms with Crippen molar-refractivity contribution in [2.75, 3.05) is 12.8 Å². The lowest BCUT2D eigenvalue weighted by molar-refractivity contribution is -0.146. The molecule has 174 valence electrons. The summed E-state index contributed by atoms with van der Waals surface area (Å²) in [6, 6.07) is 15.1. The van der Waals surface area contributed by atoms with Gasteiger partial charge in [-0.05, 0) is 31.4 Å². The summed E-state index contributed by atoms with van der Waals surface area (Å²) in [5, 5.41) is 10.0. The van der Waals surface area contributed by atoms with Crippen LogP contribution in [0, 0.1) is 0 Å². The smallest absolute Gasteiger partial charge is 0.277 e. The normalized spacial score (nSPS) is 18.4. The Morgan fingerprint density at radius 3 is 2.79 bits per heavy atom. The Balaban J connectivity index is 1.35. The number of carbonyl (C=O) groups is 2. The first kappa shape index (κ1) is 22.7. The number of amides is 1. The van der Waals surface area contributed by atoms with Crippen LogP contribution in [0.3, 0.4) is 0 Å². The maximum Gasteiger partial charge on any atom is 0.277 e. The number of ketones is 1. The third-order valence-electron chi connectivity index (χ3n) is 6.47. The SMILES string of the molecule is CN(C(=O)CSc1nnc(-c2c[nH]c3ccccc23)o1)C1(c2ccccc2Cl)CCCCC1=O. The number of para-hydroxylation sites is 1. The summed E-state index contributed by atoms with van der Waals surface area (Å²) in [4.78, 5) is 31.2. The molecule has 0 spiro atoms. The number of fused-ring (bicyclic) bond motifs is 1. The summed E-state index contributed by atoms with van der Waals surface area (Å²) in [5.74, 6) is 0.265. The van der Waals surface area contributed by atoms with E-state index in [-0.39, 0.29) is 17.4 Å². The van der Waals surface area contributed by atoms with Crippen LogP contribution in [-0.2, 0) is 15.1 Å². The molecule has 0 bridgehead atoms. The second kappa shape index (κ2) is 9.27. The Morgan fingerprint density at radius 2 is 1.97 bits per heavy atom. The molecule has 1 saturated carbocycles. The monoisotopic (exact) mass is 494 g/mol. The minimum atomic E-state index is -1.06. The van der Waals surface area contributed by atoms with Crippen molar-refractivity contribution in [1.29, 1.82) is 0 Å². The summed E-state index contributed by atoms with van der Waals surface area (Å²) >= 11 is 7.65. The number of halogens is 1. The molecule has 1 N–H and O–H groups in total. The molecule has 5 rings (SSSR count). The van der Waals surface area contributed by atoms with Crippen LogP contribution in [0.15, 0.2) is 64.4 Å². The molecule has 1 unspecified atom stereocenters. The lowest BCUT2D eigenvalue weighted by atomic mass is 9.74. The average Bonchev–Trinajstić information content (AvgIpc) is 3.50. The van der Waals surface area contributed by atoms with E-state index < -0.39 is 5.54 Å². The van der Waals surface area contributed by atoms with E-state index in [1.807, 2.05) is 48.7 Å². The van der Waals surface area contributed by atoms with E-state index in [9.17, 15) is 9.59 Å². The molecule has 2 heterocycles. The van der Waals surface area contributed by atoms with Crippen molar-refractivity contribution in [2.45, 2.75) is 36.4 Å². The Morgan fingerprint density at radius 1 is 1.18 bits per heavy atom. The molecule has 1 amide bonds. The number of hydrogen-bond donors (Lipinski definition) is 1. The summed E-state index contributed by atoms with van der Waals surface area (Å²) in [6.07, 6.45) is 4.47. The number of thioether (sulfide) groups is 1. The molecule has 7 nitrogen and oxygen atoms in total. The van der Waals surface area contributed by atoms with E-state index in [2.05, 4.69) is 15.2 Å². The van der Waals surface area contributed by atoms with E-state index in [4.69, 9.17) is 16.0 Å². The summed E-state index contributed by atoms with van der Waals surface area (Å²) < 4.78 is 5.82. The highest BCUT2D eigenvalue weighted by Gasteiger charge is 2.47. The number of nitrogens with zero attached hydrogens (tertiary/aromatic N) is 3. The molecule has 0 saturated heterocycles. The van der Waals surface area contributed by atoms with Gasteiger partial charge in [0, 0.05) is 41.2 Å². The number of aromatic amines is 1. The summed E-state index contributed by atoms with van der Waals surface area (Å²) in [7, 11) is 1.68. The van der Waals surface area contributed by atoms with Crippen molar-refractivity contribution in [3.8, 4) is 11.5 Å². The molecule has 9 heteroatoms. The number of hydrogen-bond acceptors (Lipinski definition) is 6. The van der Waals surface area contributed by atoms with E-state index in [1.165, 1.54) is 0 Å². The molecule has 0 radical (unpaired) electrons. The number of nitrogens with one attached hydrogen (secondary N) is 1. The zero-order valence-electron chi connectivity index (χ0n) is 18.6. The number of benzene rings is 2. The number of carbonyl (C=O) groups excluding carboxylic acids is 2. The maximum absolute atomic E-state index is 13.3. The van der Waals surface area contributed by atoms with Crippen molar-refractivity contribution in [3.05, 3.63) is 65.3 Å². The fourth-order valence-electron chi connectivity index (χ4n) is 4.69. The number of rotatable bonds is 6. The van der Waals surface area contributed by atoms with Crippen LogP contribution < -0.4 is 0 Å². The molecule has 2 aromatic heterocycles. The number of Topliss-reactive ketones (excluding diaryl/α,β-unsaturated/α-hetero) is 1. The molecule has 34 heavy (non-hydrogen) atoms. The van der Waals surface area contributed by atoms with Crippen LogP contribution in [0.2, 0.25) is 5.02 Å². The summed E-state index contributed by atoms with van der Waals surface area (Å²) in [6.45, 7) is 0. The Hall–Kier alpha value is -3.10. The quantitative estimate of drug-likeness (QED) is 0.358. The first-order chi connectivity index (χ1) is 16.5. The van der Waals surface area contributed by atoms with Gasteiger partial charge in [-0.2, -0.15) is 0 Å². The second-order valence-corrected chi connectivity index (χ2v) is 9.67. The van der Waals surface area contributed by atoms with Crippen LogP contribution in [0.4, 0.5) is 0 Å². The van der Waals surface area contributed by atoms with Crippen LogP contribution in [-0.4, -0.2) is 44.6 Å². The first-order valence-electron chi connectivity index (χ1n) is 11.1. The van der Waals surface area contributed by atoms with Gasteiger partial charge in [0.25, 0.3) is 11.1 Å². The molecule has 1 fully saturated rings. The van der Waals surface area contributed by atoms with E-state index in [0.29, 0.717) is 34.5 Å². The third kappa shape index (κ3) is 3.91. The minimum absolute atomic E-state index is 0.0205. The number of likely N-dealkylation sites (N-methyl/N-ethyl adjacent to an activating group) is 1. The van der Waals surface area contributed by atoms with Gasteiger partial charge in [-0.15, -0.1) is 10.2 Å². The molecule has 1 aliphatic carbocycles. The highest BCUT2D eigenvalue weighted by Crippen LogP contribution is 2.42. The van der Waals surface area contributed by atoms with Crippen molar-refractivity contribution in [2.24, 2.45) is 0 Å². The van der Waals surface area contributed by atoms with Crippen molar-refractivity contribution >= 4 is 46.0 Å². The van der Waals surface area contributed by atoms with Crippen LogP contribution in [0.5, 0.6) is 0 Å². The van der Waals surface area contributed by atoms with E-state index in [0.717, 1.165) is 41.1 Å². The first-order valence-corrected chi connectivity index (χ1v) is 12.4.